The maximum absolute atomic E-state index is 12.6. The van der Waals surface area contributed by atoms with Crippen molar-refractivity contribution >= 4 is 17.5 Å². The molecule has 2 amide bonds. The number of carbonyl (C=O) groups excluding carboxylic acids is 2. The number of amides is 2. The minimum Gasteiger partial charge on any atom is -0.490 e. The van der Waals surface area contributed by atoms with Crippen molar-refractivity contribution in [2.24, 2.45) is 0 Å². The van der Waals surface area contributed by atoms with Crippen molar-refractivity contribution in [2.75, 3.05) is 18.5 Å². The molecule has 0 heterocycles. The highest BCUT2D eigenvalue weighted by molar-refractivity contribution is 6.04. The molecule has 6 nitrogen and oxygen atoms in total. The zero-order valence-electron chi connectivity index (χ0n) is 18.6. The first kappa shape index (κ1) is 22.9. The third-order valence-electron chi connectivity index (χ3n) is 4.35. The second kappa shape index (κ2) is 10.5. The summed E-state index contributed by atoms with van der Waals surface area (Å²) < 4.78 is 11.3. The Hall–Kier alpha value is -3.80. The van der Waals surface area contributed by atoms with Crippen molar-refractivity contribution in [3.8, 4) is 11.5 Å². The minimum atomic E-state index is -0.315. The fraction of sp³-hybridized carbons (Fsp3) is 0.231. The van der Waals surface area contributed by atoms with Crippen LogP contribution in [0.3, 0.4) is 0 Å². The molecule has 0 aliphatic rings. The Labute approximate surface area is 188 Å². The van der Waals surface area contributed by atoms with Crippen molar-refractivity contribution in [1.82, 2.24) is 5.32 Å². The summed E-state index contributed by atoms with van der Waals surface area (Å²) in [6.45, 7) is 6.53. The fourth-order valence-electron chi connectivity index (χ4n) is 2.88. The van der Waals surface area contributed by atoms with Gasteiger partial charge in [-0.05, 0) is 75.4 Å². The Bertz CT molecular complexity index is 1040. The van der Waals surface area contributed by atoms with Gasteiger partial charge in [0.05, 0.1) is 0 Å². The molecule has 0 saturated carbocycles. The number of benzene rings is 3. The van der Waals surface area contributed by atoms with Gasteiger partial charge in [-0.3, -0.25) is 9.59 Å². The molecule has 0 spiro atoms. The molecule has 0 aromatic heterocycles. The number of rotatable bonds is 8. The highest BCUT2D eigenvalue weighted by atomic mass is 16.5. The Morgan fingerprint density at radius 3 is 2.00 bits per heavy atom. The van der Waals surface area contributed by atoms with Crippen molar-refractivity contribution < 1.29 is 19.1 Å². The Morgan fingerprint density at radius 2 is 1.34 bits per heavy atom. The van der Waals surface area contributed by atoms with E-state index in [0.717, 1.165) is 5.75 Å². The number of ether oxygens (including phenoxy) is 2. The van der Waals surface area contributed by atoms with Crippen molar-refractivity contribution in [3.05, 3.63) is 90.0 Å². The van der Waals surface area contributed by atoms with Crippen LogP contribution in [-0.2, 0) is 0 Å². The topological polar surface area (TPSA) is 76.7 Å². The van der Waals surface area contributed by atoms with Gasteiger partial charge in [-0.25, -0.2) is 0 Å². The van der Waals surface area contributed by atoms with Gasteiger partial charge in [0.1, 0.15) is 24.7 Å². The first-order chi connectivity index (χ1) is 15.3. The summed E-state index contributed by atoms with van der Waals surface area (Å²) in [5.41, 5.74) is 1.29. The quantitative estimate of drug-likeness (QED) is 0.495. The number of nitrogens with one attached hydrogen (secondary N) is 2. The maximum Gasteiger partial charge on any atom is 0.255 e. The lowest BCUT2D eigenvalue weighted by Gasteiger charge is -2.20. The molecule has 3 aromatic carbocycles. The van der Waals surface area contributed by atoms with E-state index in [0.29, 0.717) is 35.8 Å². The van der Waals surface area contributed by atoms with Crippen molar-refractivity contribution in [2.45, 2.75) is 26.3 Å². The van der Waals surface area contributed by atoms with Crippen LogP contribution in [0.2, 0.25) is 0 Å². The van der Waals surface area contributed by atoms with Crippen LogP contribution in [0.4, 0.5) is 5.69 Å². The molecule has 2 N–H and O–H groups in total. The monoisotopic (exact) mass is 432 g/mol. The lowest BCUT2D eigenvalue weighted by atomic mass is 10.1. The molecule has 3 rings (SSSR count). The molecule has 32 heavy (non-hydrogen) atoms. The van der Waals surface area contributed by atoms with Gasteiger partial charge in [-0.2, -0.15) is 0 Å². The minimum absolute atomic E-state index is 0.156. The predicted molar refractivity (Wildman–Crippen MR) is 125 cm³/mol. The van der Waals surface area contributed by atoms with E-state index in [1.165, 1.54) is 0 Å². The zero-order chi connectivity index (χ0) is 23.0. The van der Waals surface area contributed by atoms with E-state index in [4.69, 9.17) is 9.47 Å². The van der Waals surface area contributed by atoms with E-state index in [-0.39, 0.29) is 17.4 Å². The van der Waals surface area contributed by atoms with E-state index in [1.54, 1.807) is 48.5 Å². The molecule has 0 atom stereocenters. The molecule has 0 radical (unpaired) electrons. The third kappa shape index (κ3) is 7.16. The van der Waals surface area contributed by atoms with Crippen LogP contribution in [0.15, 0.2) is 78.9 Å². The first-order valence-corrected chi connectivity index (χ1v) is 10.4. The first-order valence-electron chi connectivity index (χ1n) is 10.4. The molecule has 3 aromatic rings. The Kier molecular flexibility index (Phi) is 7.49. The van der Waals surface area contributed by atoms with Crippen LogP contribution in [-0.4, -0.2) is 30.6 Å². The maximum atomic E-state index is 12.6. The second-order valence-corrected chi connectivity index (χ2v) is 8.27. The third-order valence-corrected chi connectivity index (χ3v) is 4.35. The van der Waals surface area contributed by atoms with Crippen LogP contribution in [0.1, 0.15) is 41.5 Å². The lowest BCUT2D eigenvalue weighted by molar-refractivity contribution is 0.0919. The average Bonchev–Trinajstić information content (AvgIpc) is 2.77. The SMILES string of the molecule is CC(C)(C)NC(=O)c1ccc(NC(=O)c2cccc(OCCOc3ccccc3)c2)cc1. The predicted octanol–water partition coefficient (Wildman–Crippen LogP) is 4.93. The summed E-state index contributed by atoms with van der Waals surface area (Å²) in [7, 11) is 0. The van der Waals surface area contributed by atoms with Crippen molar-refractivity contribution in [1.29, 1.82) is 0 Å². The molecule has 166 valence electrons. The smallest absolute Gasteiger partial charge is 0.255 e. The number of para-hydroxylation sites is 1. The zero-order valence-corrected chi connectivity index (χ0v) is 18.6. The van der Waals surface area contributed by atoms with E-state index in [9.17, 15) is 9.59 Å². The highest BCUT2D eigenvalue weighted by Crippen LogP contribution is 2.17. The summed E-state index contributed by atoms with van der Waals surface area (Å²) >= 11 is 0. The summed E-state index contributed by atoms with van der Waals surface area (Å²) in [6, 6.07) is 23.3. The van der Waals surface area contributed by atoms with Gasteiger partial charge in [0.15, 0.2) is 0 Å². The highest BCUT2D eigenvalue weighted by Gasteiger charge is 2.15. The van der Waals surface area contributed by atoms with Gasteiger partial charge in [-0.15, -0.1) is 0 Å². The van der Waals surface area contributed by atoms with E-state index in [1.807, 2.05) is 51.1 Å². The van der Waals surface area contributed by atoms with Gasteiger partial charge in [-0.1, -0.05) is 24.3 Å². The lowest BCUT2D eigenvalue weighted by Crippen LogP contribution is -2.40. The van der Waals surface area contributed by atoms with E-state index < -0.39 is 0 Å². The molecule has 0 bridgehead atoms. The van der Waals surface area contributed by atoms with Gasteiger partial charge >= 0.3 is 0 Å². The van der Waals surface area contributed by atoms with E-state index >= 15 is 0 Å². The molecule has 0 aliphatic heterocycles. The fourth-order valence-corrected chi connectivity index (χ4v) is 2.88. The summed E-state index contributed by atoms with van der Waals surface area (Å²) in [6.07, 6.45) is 0. The number of hydrogen-bond donors (Lipinski definition) is 2. The summed E-state index contributed by atoms with van der Waals surface area (Å²) in [4.78, 5) is 24.8. The second-order valence-electron chi connectivity index (χ2n) is 8.27. The van der Waals surface area contributed by atoms with Gasteiger partial charge in [0, 0.05) is 22.4 Å². The summed E-state index contributed by atoms with van der Waals surface area (Å²) in [5, 5.41) is 5.75. The summed E-state index contributed by atoms with van der Waals surface area (Å²) in [5.74, 6) is 0.953. The van der Waals surface area contributed by atoms with E-state index in [2.05, 4.69) is 10.6 Å². The standard InChI is InChI=1S/C26H28N2O4/c1-26(2,3)28-25(30)19-12-14-21(15-13-19)27-24(29)20-8-7-11-23(18-20)32-17-16-31-22-9-5-4-6-10-22/h4-15,18H,16-17H2,1-3H3,(H,27,29)(H,28,30). The molecule has 0 unspecified atom stereocenters. The largest absolute Gasteiger partial charge is 0.490 e. The molecular formula is C26H28N2O4. The van der Waals surface area contributed by atoms with Crippen LogP contribution < -0.4 is 20.1 Å². The average molecular weight is 433 g/mol. The molecule has 6 heteroatoms. The van der Waals surface area contributed by atoms with Gasteiger partial charge in [0.25, 0.3) is 11.8 Å². The normalized spacial score (nSPS) is 10.8. The Balaban J connectivity index is 1.52. The van der Waals surface area contributed by atoms with Crippen LogP contribution in [0, 0.1) is 0 Å². The molecule has 0 saturated heterocycles. The number of hydrogen-bond acceptors (Lipinski definition) is 4. The van der Waals surface area contributed by atoms with Gasteiger partial charge < -0.3 is 20.1 Å². The van der Waals surface area contributed by atoms with Crippen LogP contribution in [0.25, 0.3) is 0 Å². The van der Waals surface area contributed by atoms with Crippen LogP contribution >= 0.6 is 0 Å². The Morgan fingerprint density at radius 1 is 0.719 bits per heavy atom. The molecule has 0 aliphatic carbocycles. The number of carbonyl (C=O) groups is 2. The molecular weight excluding hydrogens is 404 g/mol. The van der Waals surface area contributed by atoms with Crippen LogP contribution in [0.5, 0.6) is 11.5 Å². The van der Waals surface area contributed by atoms with Crippen molar-refractivity contribution in [3.63, 3.8) is 0 Å². The number of anilines is 1. The van der Waals surface area contributed by atoms with Gasteiger partial charge in [0.2, 0.25) is 0 Å². The molecule has 0 fully saturated rings.